The van der Waals surface area contributed by atoms with E-state index in [1.54, 1.807) is 11.1 Å². The summed E-state index contributed by atoms with van der Waals surface area (Å²) in [6.07, 6.45) is 31.0. The molecule has 2 aliphatic carbocycles. The normalized spacial score (nSPS) is 27.5. The van der Waals surface area contributed by atoms with Crippen molar-refractivity contribution in [2.24, 2.45) is 40.4 Å². The topological polar surface area (TPSA) is 0 Å². The molecule has 0 aromatic rings. The largest absolute Gasteiger partial charge is 0.0999 e. The standard InChI is InChI=1S/C40H70/c1-31(19-13-21-33(3)25-27-37-35(5)23-15-29-39(37,7)8)17-11-12-18-32(2)20-14-22-34(4)26-28-38-36(6)24-16-30-40(38,9)10/h15,20,22,29,31,35-38H,3,11-14,16-19,21,23-28,30H2,1-2,4-10H3/b32-20+,34-22+/t31?,35-,36-,37+,38-/m0/s1. The Morgan fingerprint density at radius 1 is 0.850 bits per heavy atom. The van der Waals surface area contributed by atoms with Gasteiger partial charge in [-0.2, -0.15) is 0 Å². The minimum Gasteiger partial charge on any atom is -0.0999 e. The first-order valence-corrected chi connectivity index (χ1v) is 17.5. The van der Waals surface area contributed by atoms with Gasteiger partial charge in [0, 0.05) is 0 Å². The van der Waals surface area contributed by atoms with Crippen LogP contribution in [0.4, 0.5) is 0 Å². The molecule has 5 atom stereocenters. The summed E-state index contributed by atoms with van der Waals surface area (Å²) >= 11 is 0. The Hall–Kier alpha value is -1.04. The summed E-state index contributed by atoms with van der Waals surface area (Å²) in [4.78, 5) is 0. The van der Waals surface area contributed by atoms with Gasteiger partial charge in [-0.3, -0.25) is 0 Å². The lowest BCUT2D eigenvalue weighted by atomic mass is 9.62. The second-order valence-corrected chi connectivity index (χ2v) is 15.9. The Labute approximate surface area is 252 Å². The van der Waals surface area contributed by atoms with Crippen LogP contribution in [0, 0.1) is 40.4 Å². The van der Waals surface area contributed by atoms with Crippen molar-refractivity contribution in [2.45, 2.75) is 165 Å². The molecule has 0 radical (unpaired) electrons. The average molecular weight is 551 g/mol. The fourth-order valence-electron chi connectivity index (χ4n) is 8.25. The van der Waals surface area contributed by atoms with E-state index in [9.17, 15) is 0 Å². The van der Waals surface area contributed by atoms with Crippen LogP contribution >= 0.6 is 0 Å². The summed E-state index contributed by atoms with van der Waals surface area (Å²) in [5.41, 5.74) is 5.55. The minimum atomic E-state index is 0.348. The molecule has 0 bridgehead atoms. The molecule has 0 nitrogen and oxygen atoms in total. The third kappa shape index (κ3) is 12.4. The summed E-state index contributed by atoms with van der Waals surface area (Å²) in [5, 5.41) is 0. The second kappa shape index (κ2) is 17.2. The van der Waals surface area contributed by atoms with Gasteiger partial charge in [0.1, 0.15) is 0 Å². The SMILES string of the molecule is C=C(CCCC(C)CCCC/C(C)=C/C/C=C(\C)CC[C@H]1[C@@H](C)CCCC1(C)C)CC[C@@H]1[C@@H](C)CC=CC1(C)C. The highest BCUT2D eigenvalue weighted by Crippen LogP contribution is 2.46. The zero-order valence-electron chi connectivity index (χ0n) is 28.7. The maximum atomic E-state index is 4.45. The predicted octanol–water partition coefficient (Wildman–Crippen LogP) is 13.5. The van der Waals surface area contributed by atoms with Crippen molar-refractivity contribution < 1.29 is 0 Å². The quantitative estimate of drug-likeness (QED) is 0.125. The van der Waals surface area contributed by atoms with Gasteiger partial charge in [-0.15, -0.1) is 0 Å². The number of hydrogen-bond donors (Lipinski definition) is 0. The van der Waals surface area contributed by atoms with Crippen LogP contribution in [0.1, 0.15) is 165 Å². The smallest absolute Gasteiger partial charge is 0.0144 e. The van der Waals surface area contributed by atoms with Gasteiger partial charge < -0.3 is 0 Å². The zero-order chi connectivity index (χ0) is 29.8. The highest BCUT2D eigenvalue weighted by molar-refractivity contribution is 5.08. The Kier molecular flexibility index (Phi) is 15.1. The molecule has 0 aromatic carbocycles. The van der Waals surface area contributed by atoms with E-state index in [4.69, 9.17) is 0 Å². The number of hydrogen-bond acceptors (Lipinski definition) is 0. The van der Waals surface area contributed by atoms with Crippen LogP contribution in [0.2, 0.25) is 0 Å². The number of unbranched alkanes of at least 4 members (excludes halogenated alkanes) is 1. The maximum absolute atomic E-state index is 4.45. The van der Waals surface area contributed by atoms with Gasteiger partial charge >= 0.3 is 0 Å². The average Bonchev–Trinajstić information content (AvgIpc) is 2.85. The molecule has 1 saturated carbocycles. The summed E-state index contributed by atoms with van der Waals surface area (Å²) < 4.78 is 0. The van der Waals surface area contributed by atoms with Gasteiger partial charge in [-0.05, 0) is 125 Å². The summed E-state index contributed by atoms with van der Waals surface area (Å²) in [5.74, 6) is 4.24. The van der Waals surface area contributed by atoms with Gasteiger partial charge in [0.15, 0.2) is 0 Å². The molecule has 2 rings (SSSR count). The molecule has 0 aliphatic heterocycles. The van der Waals surface area contributed by atoms with Crippen molar-refractivity contribution in [3.63, 3.8) is 0 Å². The number of rotatable bonds is 17. The van der Waals surface area contributed by atoms with E-state index in [1.165, 1.54) is 102 Å². The molecule has 0 saturated heterocycles. The molecule has 0 N–H and O–H groups in total. The van der Waals surface area contributed by atoms with Gasteiger partial charge in [-0.25, -0.2) is 0 Å². The van der Waals surface area contributed by atoms with E-state index in [0.29, 0.717) is 10.8 Å². The van der Waals surface area contributed by atoms with Crippen molar-refractivity contribution in [1.82, 2.24) is 0 Å². The van der Waals surface area contributed by atoms with E-state index in [0.717, 1.165) is 36.0 Å². The molecule has 230 valence electrons. The molecule has 1 fully saturated rings. The van der Waals surface area contributed by atoms with Crippen molar-refractivity contribution >= 4 is 0 Å². The Morgan fingerprint density at radius 3 is 2.17 bits per heavy atom. The molecule has 0 aromatic heterocycles. The van der Waals surface area contributed by atoms with Crippen LogP contribution in [-0.4, -0.2) is 0 Å². The zero-order valence-corrected chi connectivity index (χ0v) is 28.7. The van der Waals surface area contributed by atoms with Gasteiger partial charge in [0.25, 0.3) is 0 Å². The highest BCUT2D eigenvalue weighted by atomic mass is 14.4. The first-order chi connectivity index (χ1) is 18.8. The van der Waals surface area contributed by atoms with E-state index in [1.807, 2.05) is 0 Å². The first-order valence-electron chi connectivity index (χ1n) is 17.5. The molecule has 0 heterocycles. The van der Waals surface area contributed by atoms with Crippen LogP contribution in [0.25, 0.3) is 0 Å². The van der Waals surface area contributed by atoms with E-state index in [-0.39, 0.29) is 0 Å². The van der Waals surface area contributed by atoms with Crippen LogP contribution < -0.4 is 0 Å². The van der Waals surface area contributed by atoms with Crippen molar-refractivity contribution in [3.05, 3.63) is 47.6 Å². The summed E-state index contributed by atoms with van der Waals surface area (Å²) in [6.45, 7) is 26.4. The van der Waals surface area contributed by atoms with Gasteiger partial charge in [0.05, 0.1) is 0 Å². The molecule has 0 amide bonds. The monoisotopic (exact) mass is 551 g/mol. The van der Waals surface area contributed by atoms with Gasteiger partial charge in [0.2, 0.25) is 0 Å². The molecule has 0 spiro atoms. The lowest BCUT2D eigenvalue weighted by Gasteiger charge is -2.43. The Morgan fingerprint density at radius 2 is 1.50 bits per heavy atom. The summed E-state index contributed by atoms with van der Waals surface area (Å²) in [6, 6.07) is 0. The number of allylic oxidation sites excluding steroid dienone is 7. The minimum absolute atomic E-state index is 0.348. The van der Waals surface area contributed by atoms with E-state index < -0.39 is 0 Å². The maximum Gasteiger partial charge on any atom is -0.0144 e. The Bertz CT molecular complexity index is 830. The van der Waals surface area contributed by atoms with E-state index in [2.05, 4.69) is 93.2 Å². The summed E-state index contributed by atoms with van der Waals surface area (Å²) in [7, 11) is 0. The fourth-order valence-corrected chi connectivity index (χ4v) is 8.25. The van der Waals surface area contributed by atoms with Crippen LogP contribution in [0.3, 0.4) is 0 Å². The van der Waals surface area contributed by atoms with Crippen LogP contribution in [0.15, 0.2) is 47.6 Å². The van der Waals surface area contributed by atoms with Gasteiger partial charge in [-0.1, -0.05) is 128 Å². The molecular formula is C40H70. The molecule has 2 aliphatic rings. The van der Waals surface area contributed by atoms with E-state index >= 15 is 0 Å². The Balaban J connectivity index is 1.54. The third-order valence-corrected chi connectivity index (χ3v) is 11.2. The van der Waals surface area contributed by atoms with Crippen molar-refractivity contribution in [1.29, 1.82) is 0 Å². The second-order valence-electron chi connectivity index (χ2n) is 15.9. The van der Waals surface area contributed by atoms with Crippen molar-refractivity contribution in [2.75, 3.05) is 0 Å². The highest BCUT2D eigenvalue weighted by Gasteiger charge is 2.36. The molecule has 1 unspecified atom stereocenters. The van der Waals surface area contributed by atoms with Crippen molar-refractivity contribution in [3.8, 4) is 0 Å². The fraction of sp³-hybridized carbons (Fsp3) is 0.800. The predicted molar refractivity (Wildman–Crippen MR) is 182 cm³/mol. The third-order valence-electron chi connectivity index (χ3n) is 11.2. The molecule has 0 heteroatoms. The first kappa shape index (κ1) is 35.2. The molecule has 40 heavy (non-hydrogen) atoms. The lowest BCUT2D eigenvalue weighted by molar-refractivity contribution is 0.0767. The lowest BCUT2D eigenvalue weighted by Crippen LogP contribution is -2.33. The van der Waals surface area contributed by atoms with Crippen LogP contribution in [-0.2, 0) is 0 Å². The molecular weight excluding hydrogens is 480 g/mol. The van der Waals surface area contributed by atoms with Crippen LogP contribution in [0.5, 0.6) is 0 Å².